The summed E-state index contributed by atoms with van der Waals surface area (Å²) in [7, 11) is 0. The van der Waals surface area contributed by atoms with Gasteiger partial charge in [-0.05, 0) is 49.1 Å². The molecule has 1 unspecified atom stereocenters. The standard InChI is InChI=1S/C25H34N4O2/c1-19(2)17-20(3)28-13-15-29(16-14-28)25(26-18-21-7-5-4-6-8-21)27-23-11-9-22(10-12-23)24(30)31/h4-12,19-20H,13-18H2,1-3H3,(H,26,27)(H,30,31). The summed E-state index contributed by atoms with van der Waals surface area (Å²) >= 11 is 0. The van der Waals surface area contributed by atoms with Gasteiger partial charge in [-0.2, -0.15) is 0 Å². The molecule has 1 heterocycles. The lowest BCUT2D eigenvalue weighted by Gasteiger charge is -2.40. The summed E-state index contributed by atoms with van der Waals surface area (Å²) in [6.45, 7) is 11.3. The maximum absolute atomic E-state index is 11.1. The Balaban J connectivity index is 1.71. The molecule has 3 rings (SSSR count). The first-order chi connectivity index (χ1) is 14.9. The van der Waals surface area contributed by atoms with Crippen molar-refractivity contribution in [1.82, 2.24) is 9.80 Å². The third-order valence-electron chi connectivity index (χ3n) is 5.69. The Morgan fingerprint density at radius 3 is 2.23 bits per heavy atom. The van der Waals surface area contributed by atoms with Crippen molar-refractivity contribution in [2.45, 2.75) is 39.8 Å². The summed E-state index contributed by atoms with van der Waals surface area (Å²) in [5, 5.41) is 12.6. The second kappa shape index (κ2) is 11.0. The molecule has 166 valence electrons. The van der Waals surface area contributed by atoms with Gasteiger partial charge in [0.2, 0.25) is 0 Å². The Kier molecular flexibility index (Phi) is 8.06. The van der Waals surface area contributed by atoms with Crippen LogP contribution in [0.1, 0.15) is 43.1 Å². The van der Waals surface area contributed by atoms with Crippen LogP contribution in [0.3, 0.4) is 0 Å². The van der Waals surface area contributed by atoms with Crippen molar-refractivity contribution in [3.63, 3.8) is 0 Å². The number of rotatable bonds is 7. The molecule has 0 amide bonds. The number of nitrogens with one attached hydrogen (secondary N) is 1. The topological polar surface area (TPSA) is 68.2 Å². The van der Waals surface area contributed by atoms with Gasteiger partial charge in [0.25, 0.3) is 0 Å². The molecule has 0 bridgehead atoms. The van der Waals surface area contributed by atoms with E-state index in [-0.39, 0.29) is 5.56 Å². The number of carboxylic acid groups (broad SMARTS) is 1. The number of hydrogen-bond acceptors (Lipinski definition) is 3. The molecule has 1 atom stereocenters. The highest BCUT2D eigenvalue weighted by molar-refractivity contribution is 5.94. The summed E-state index contributed by atoms with van der Waals surface area (Å²) in [6.07, 6.45) is 1.21. The largest absolute Gasteiger partial charge is 0.478 e. The highest BCUT2D eigenvalue weighted by Crippen LogP contribution is 2.16. The highest BCUT2D eigenvalue weighted by atomic mass is 16.4. The van der Waals surface area contributed by atoms with Gasteiger partial charge in [0.15, 0.2) is 5.96 Å². The fraction of sp³-hybridized carbons (Fsp3) is 0.440. The van der Waals surface area contributed by atoms with E-state index >= 15 is 0 Å². The highest BCUT2D eigenvalue weighted by Gasteiger charge is 2.23. The zero-order valence-electron chi connectivity index (χ0n) is 18.8. The van der Waals surface area contributed by atoms with E-state index in [2.05, 4.69) is 48.0 Å². The van der Waals surface area contributed by atoms with Crippen molar-refractivity contribution in [2.75, 3.05) is 31.5 Å². The number of nitrogens with zero attached hydrogens (tertiary/aromatic N) is 3. The summed E-state index contributed by atoms with van der Waals surface area (Å²) in [6, 6.07) is 17.6. The van der Waals surface area contributed by atoms with Crippen molar-refractivity contribution < 1.29 is 9.90 Å². The van der Waals surface area contributed by atoms with E-state index in [0.717, 1.165) is 43.4 Å². The van der Waals surface area contributed by atoms with Gasteiger partial charge in [0.1, 0.15) is 0 Å². The Labute approximate surface area is 185 Å². The summed E-state index contributed by atoms with van der Waals surface area (Å²) < 4.78 is 0. The number of aromatic carboxylic acids is 1. The van der Waals surface area contributed by atoms with E-state index in [1.54, 1.807) is 24.3 Å². The SMILES string of the molecule is CC(C)CC(C)N1CCN(C(=NCc2ccccc2)Nc2ccc(C(=O)O)cc2)CC1. The average molecular weight is 423 g/mol. The fourth-order valence-electron chi connectivity index (χ4n) is 4.00. The van der Waals surface area contributed by atoms with E-state index in [0.29, 0.717) is 18.5 Å². The lowest BCUT2D eigenvalue weighted by atomic mass is 10.0. The molecule has 2 aromatic rings. The van der Waals surface area contributed by atoms with Gasteiger partial charge in [-0.25, -0.2) is 9.79 Å². The monoisotopic (exact) mass is 422 g/mol. The maximum Gasteiger partial charge on any atom is 0.335 e. The number of guanidine groups is 1. The first kappa shape index (κ1) is 22.8. The van der Waals surface area contributed by atoms with Crippen LogP contribution in [0, 0.1) is 5.92 Å². The lowest BCUT2D eigenvalue weighted by Crippen LogP contribution is -2.53. The Morgan fingerprint density at radius 1 is 1.00 bits per heavy atom. The van der Waals surface area contributed by atoms with E-state index < -0.39 is 5.97 Å². The quantitative estimate of drug-likeness (QED) is 0.511. The Morgan fingerprint density at radius 2 is 1.65 bits per heavy atom. The molecule has 31 heavy (non-hydrogen) atoms. The maximum atomic E-state index is 11.1. The number of anilines is 1. The minimum Gasteiger partial charge on any atom is -0.478 e. The van der Waals surface area contributed by atoms with Crippen LogP contribution >= 0.6 is 0 Å². The van der Waals surface area contributed by atoms with Gasteiger partial charge in [-0.3, -0.25) is 4.90 Å². The molecular formula is C25H34N4O2. The number of piperazine rings is 1. The second-order valence-electron chi connectivity index (χ2n) is 8.63. The van der Waals surface area contributed by atoms with Gasteiger partial charge in [-0.15, -0.1) is 0 Å². The molecule has 2 N–H and O–H groups in total. The summed E-state index contributed by atoms with van der Waals surface area (Å²) in [5.41, 5.74) is 2.28. The van der Waals surface area contributed by atoms with Gasteiger partial charge in [0, 0.05) is 37.9 Å². The van der Waals surface area contributed by atoms with E-state index in [9.17, 15) is 4.79 Å². The Hall–Kier alpha value is -2.86. The molecule has 0 aromatic heterocycles. The molecule has 6 heteroatoms. The molecule has 1 aliphatic heterocycles. The second-order valence-corrected chi connectivity index (χ2v) is 8.63. The minimum atomic E-state index is -0.920. The molecule has 1 aliphatic rings. The number of carboxylic acids is 1. The van der Waals surface area contributed by atoms with Crippen LogP contribution in [0.4, 0.5) is 5.69 Å². The third kappa shape index (κ3) is 6.82. The molecule has 0 saturated carbocycles. The molecule has 1 saturated heterocycles. The number of benzene rings is 2. The van der Waals surface area contributed by atoms with Crippen LogP contribution < -0.4 is 5.32 Å². The van der Waals surface area contributed by atoms with Gasteiger partial charge >= 0.3 is 5.97 Å². The first-order valence-electron chi connectivity index (χ1n) is 11.1. The van der Waals surface area contributed by atoms with Crippen LogP contribution in [0.5, 0.6) is 0 Å². The van der Waals surface area contributed by atoms with Gasteiger partial charge in [0.05, 0.1) is 12.1 Å². The number of hydrogen-bond donors (Lipinski definition) is 2. The van der Waals surface area contributed by atoms with Crippen LogP contribution in [-0.2, 0) is 6.54 Å². The first-order valence-corrected chi connectivity index (χ1v) is 11.1. The molecule has 0 radical (unpaired) electrons. The van der Waals surface area contributed by atoms with Crippen molar-refractivity contribution in [3.8, 4) is 0 Å². The van der Waals surface area contributed by atoms with Crippen LogP contribution in [-0.4, -0.2) is 59.1 Å². The normalized spacial score (nSPS) is 16.4. The predicted molar refractivity (Wildman–Crippen MR) is 127 cm³/mol. The molecular weight excluding hydrogens is 388 g/mol. The summed E-state index contributed by atoms with van der Waals surface area (Å²) in [5.74, 6) is 0.616. The average Bonchev–Trinajstić information content (AvgIpc) is 2.77. The van der Waals surface area contributed by atoms with Crippen molar-refractivity contribution in [3.05, 3.63) is 65.7 Å². The Bertz CT molecular complexity index is 857. The number of aliphatic imine (C=N–C) groups is 1. The van der Waals surface area contributed by atoms with Crippen LogP contribution in [0.15, 0.2) is 59.6 Å². The van der Waals surface area contributed by atoms with Crippen molar-refractivity contribution >= 4 is 17.6 Å². The zero-order valence-corrected chi connectivity index (χ0v) is 18.8. The number of carbonyl (C=O) groups is 1. The molecule has 2 aromatic carbocycles. The predicted octanol–water partition coefficient (Wildman–Crippen LogP) is 4.41. The van der Waals surface area contributed by atoms with Crippen LogP contribution in [0.25, 0.3) is 0 Å². The molecule has 6 nitrogen and oxygen atoms in total. The van der Waals surface area contributed by atoms with E-state index in [4.69, 9.17) is 10.1 Å². The third-order valence-corrected chi connectivity index (χ3v) is 5.69. The molecule has 1 fully saturated rings. The van der Waals surface area contributed by atoms with Gasteiger partial charge < -0.3 is 15.3 Å². The lowest BCUT2D eigenvalue weighted by molar-refractivity contribution is 0.0697. The van der Waals surface area contributed by atoms with Crippen LogP contribution in [0.2, 0.25) is 0 Å². The zero-order chi connectivity index (χ0) is 22.2. The van der Waals surface area contributed by atoms with E-state index in [1.165, 1.54) is 6.42 Å². The van der Waals surface area contributed by atoms with Crippen molar-refractivity contribution in [1.29, 1.82) is 0 Å². The summed E-state index contributed by atoms with van der Waals surface area (Å²) in [4.78, 5) is 20.9. The molecule has 0 aliphatic carbocycles. The fourth-order valence-corrected chi connectivity index (χ4v) is 4.00. The van der Waals surface area contributed by atoms with Crippen molar-refractivity contribution in [2.24, 2.45) is 10.9 Å². The molecule has 0 spiro atoms. The minimum absolute atomic E-state index is 0.279. The van der Waals surface area contributed by atoms with Gasteiger partial charge in [-0.1, -0.05) is 44.2 Å². The van der Waals surface area contributed by atoms with E-state index in [1.807, 2.05) is 18.2 Å². The smallest absolute Gasteiger partial charge is 0.335 e.